The molecular weight excluding hydrogens is 326 g/mol. The summed E-state index contributed by atoms with van der Waals surface area (Å²) in [6, 6.07) is 6.13. The topological polar surface area (TPSA) is 81.1 Å². The second-order valence-corrected chi connectivity index (χ2v) is 8.25. The van der Waals surface area contributed by atoms with Crippen molar-refractivity contribution < 1.29 is 13.2 Å². The molecule has 0 fully saturated rings. The van der Waals surface area contributed by atoms with Crippen LogP contribution >= 0.6 is 0 Å². The zero-order chi connectivity index (χ0) is 17.9. The maximum Gasteiger partial charge on any atom is 0.251 e. The summed E-state index contributed by atoms with van der Waals surface area (Å²) in [7, 11) is -3.33. The molecule has 1 heterocycles. The summed E-state index contributed by atoms with van der Waals surface area (Å²) in [6.45, 7) is 7.50. The van der Waals surface area contributed by atoms with Crippen molar-refractivity contribution in [2.45, 2.75) is 44.7 Å². The van der Waals surface area contributed by atoms with Gasteiger partial charge >= 0.3 is 0 Å². The van der Waals surface area contributed by atoms with Crippen LogP contribution in [0.25, 0.3) is 0 Å². The van der Waals surface area contributed by atoms with E-state index >= 15 is 0 Å². The molecule has 0 spiro atoms. The molecular formula is C17H23N3O3S. The van der Waals surface area contributed by atoms with Gasteiger partial charge in [0.2, 0.25) is 0 Å². The van der Waals surface area contributed by atoms with E-state index in [1.54, 1.807) is 25.3 Å². The molecule has 0 aliphatic heterocycles. The second kappa shape index (κ2) is 7.17. The fourth-order valence-corrected chi connectivity index (χ4v) is 3.15. The third kappa shape index (κ3) is 4.03. The van der Waals surface area contributed by atoms with Gasteiger partial charge < -0.3 is 5.32 Å². The van der Waals surface area contributed by atoms with Crippen LogP contribution in [0, 0.1) is 0 Å². The summed E-state index contributed by atoms with van der Waals surface area (Å²) in [5.41, 5.74) is 1.22. The van der Waals surface area contributed by atoms with Crippen LogP contribution in [0.3, 0.4) is 0 Å². The summed E-state index contributed by atoms with van der Waals surface area (Å²) < 4.78 is 25.7. The van der Waals surface area contributed by atoms with Crippen LogP contribution in [0.1, 0.15) is 55.7 Å². The average molecular weight is 349 g/mol. The molecule has 0 saturated carbocycles. The van der Waals surface area contributed by atoms with Gasteiger partial charge in [-0.3, -0.25) is 9.48 Å². The zero-order valence-corrected chi connectivity index (χ0v) is 15.2. The average Bonchev–Trinajstić information content (AvgIpc) is 3.05. The van der Waals surface area contributed by atoms with Crippen molar-refractivity contribution in [3.8, 4) is 0 Å². The van der Waals surface area contributed by atoms with Crippen LogP contribution in [-0.4, -0.2) is 29.9 Å². The molecule has 1 atom stereocenters. The number of aromatic nitrogens is 2. The lowest BCUT2D eigenvalue weighted by Crippen LogP contribution is -2.26. The predicted molar refractivity (Wildman–Crippen MR) is 92.7 cm³/mol. The highest BCUT2D eigenvalue weighted by atomic mass is 32.2. The highest BCUT2D eigenvalue weighted by Crippen LogP contribution is 2.16. The predicted octanol–water partition coefficient (Wildman–Crippen LogP) is 2.75. The Labute approximate surface area is 142 Å². The molecule has 24 heavy (non-hydrogen) atoms. The molecule has 0 aliphatic carbocycles. The smallest absolute Gasteiger partial charge is 0.251 e. The van der Waals surface area contributed by atoms with E-state index in [1.807, 2.05) is 31.6 Å². The largest absolute Gasteiger partial charge is 0.345 e. The lowest BCUT2D eigenvalue weighted by atomic mass is 10.1. The van der Waals surface area contributed by atoms with Crippen molar-refractivity contribution >= 4 is 15.7 Å². The molecule has 2 rings (SSSR count). The number of nitrogens with zero attached hydrogens (tertiary/aromatic N) is 2. The molecule has 1 amide bonds. The second-order valence-electron chi connectivity index (χ2n) is 5.97. The summed E-state index contributed by atoms with van der Waals surface area (Å²) in [5.74, 6) is -0.309. The maximum absolute atomic E-state index is 12.4. The molecule has 130 valence electrons. The number of rotatable bonds is 6. The quantitative estimate of drug-likeness (QED) is 0.869. The van der Waals surface area contributed by atoms with Crippen molar-refractivity contribution in [1.29, 1.82) is 0 Å². The molecule has 6 nitrogen and oxygen atoms in total. The molecule has 0 unspecified atom stereocenters. The maximum atomic E-state index is 12.4. The van der Waals surface area contributed by atoms with Crippen LogP contribution in [0.4, 0.5) is 0 Å². The van der Waals surface area contributed by atoms with Crippen molar-refractivity contribution in [2.75, 3.05) is 5.75 Å². The van der Waals surface area contributed by atoms with Gasteiger partial charge in [-0.05, 0) is 39.0 Å². The van der Waals surface area contributed by atoms with Gasteiger partial charge in [0.15, 0.2) is 9.84 Å². The Hall–Kier alpha value is -2.15. The first-order chi connectivity index (χ1) is 11.2. The highest BCUT2D eigenvalue weighted by molar-refractivity contribution is 7.91. The van der Waals surface area contributed by atoms with Crippen molar-refractivity contribution in [3.05, 3.63) is 47.8 Å². The van der Waals surface area contributed by atoms with Gasteiger partial charge in [0.1, 0.15) is 0 Å². The number of nitrogens with one attached hydrogen (secondary N) is 1. The van der Waals surface area contributed by atoms with Crippen LogP contribution < -0.4 is 5.32 Å². The van der Waals surface area contributed by atoms with E-state index in [4.69, 9.17) is 0 Å². The van der Waals surface area contributed by atoms with Crippen LogP contribution in [-0.2, 0) is 9.84 Å². The monoisotopic (exact) mass is 349 g/mol. The van der Waals surface area contributed by atoms with E-state index in [0.29, 0.717) is 5.56 Å². The minimum Gasteiger partial charge on any atom is -0.345 e. The summed E-state index contributed by atoms with van der Waals surface area (Å²) in [4.78, 5) is 12.6. The first-order valence-electron chi connectivity index (χ1n) is 7.92. The molecule has 0 bridgehead atoms. The number of sulfone groups is 1. The molecule has 0 radical (unpaired) electrons. The SMILES string of the molecule is CCS(=O)(=O)c1cccc(C(=O)N[C@H](C)c2cnn(C(C)C)c2)c1. The van der Waals surface area contributed by atoms with Crippen LogP contribution in [0.15, 0.2) is 41.6 Å². The Kier molecular flexibility index (Phi) is 5.43. The van der Waals surface area contributed by atoms with E-state index in [9.17, 15) is 13.2 Å². The minimum absolute atomic E-state index is 0.00284. The van der Waals surface area contributed by atoms with Gasteiger partial charge in [-0.2, -0.15) is 5.10 Å². The molecule has 0 aliphatic rings. The third-order valence-corrected chi connectivity index (χ3v) is 5.57. The van der Waals surface area contributed by atoms with E-state index in [0.717, 1.165) is 5.56 Å². The number of amides is 1. The van der Waals surface area contributed by atoms with Crippen LogP contribution in [0.5, 0.6) is 0 Å². The van der Waals surface area contributed by atoms with Gasteiger partial charge in [-0.15, -0.1) is 0 Å². The van der Waals surface area contributed by atoms with E-state index < -0.39 is 9.84 Å². The van der Waals surface area contributed by atoms with Gasteiger partial charge in [0.05, 0.1) is 22.9 Å². The Morgan fingerprint density at radius 2 is 2.00 bits per heavy atom. The summed E-state index contributed by atoms with van der Waals surface area (Å²) in [6.07, 6.45) is 3.62. The summed E-state index contributed by atoms with van der Waals surface area (Å²) in [5, 5.41) is 7.13. The normalized spacial score (nSPS) is 13.0. The molecule has 1 aromatic heterocycles. The minimum atomic E-state index is -3.33. The van der Waals surface area contributed by atoms with Gasteiger partial charge in [-0.25, -0.2) is 8.42 Å². The third-order valence-electron chi connectivity index (χ3n) is 3.83. The summed E-state index contributed by atoms with van der Waals surface area (Å²) >= 11 is 0. The first kappa shape index (κ1) is 18.2. The number of hydrogen-bond donors (Lipinski definition) is 1. The number of carbonyl (C=O) groups is 1. The van der Waals surface area contributed by atoms with Gasteiger partial charge in [-0.1, -0.05) is 13.0 Å². The Bertz CT molecular complexity index is 825. The van der Waals surface area contributed by atoms with Crippen molar-refractivity contribution in [1.82, 2.24) is 15.1 Å². The Morgan fingerprint density at radius 1 is 1.29 bits per heavy atom. The number of hydrogen-bond acceptors (Lipinski definition) is 4. The first-order valence-corrected chi connectivity index (χ1v) is 9.57. The van der Waals surface area contributed by atoms with E-state index in [1.165, 1.54) is 12.1 Å². The lowest BCUT2D eigenvalue weighted by molar-refractivity contribution is 0.0939. The zero-order valence-electron chi connectivity index (χ0n) is 14.4. The highest BCUT2D eigenvalue weighted by Gasteiger charge is 2.17. The van der Waals surface area contributed by atoms with E-state index in [2.05, 4.69) is 10.4 Å². The Balaban J connectivity index is 2.16. The molecule has 7 heteroatoms. The molecule has 0 saturated heterocycles. The van der Waals surface area contributed by atoms with Crippen molar-refractivity contribution in [3.63, 3.8) is 0 Å². The standard InChI is InChI=1S/C17H23N3O3S/c1-5-24(22,23)16-8-6-7-14(9-16)17(21)19-13(4)15-10-18-20(11-15)12(2)3/h6-13H,5H2,1-4H3,(H,19,21)/t13-/m1/s1. The van der Waals surface area contributed by atoms with Crippen molar-refractivity contribution in [2.24, 2.45) is 0 Å². The number of carbonyl (C=O) groups excluding carboxylic acids is 1. The fraction of sp³-hybridized carbons (Fsp3) is 0.412. The van der Waals surface area contributed by atoms with E-state index in [-0.39, 0.29) is 28.6 Å². The number of benzene rings is 1. The van der Waals surface area contributed by atoms with Crippen LogP contribution in [0.2, 0.25) is 0 Å². The van der Waals surface area contributed by atoms with Gasteiger partial charge in [0.25, 0.3) is 5.91 Å². The molecule has 2 aromatic rings. The fourth-order valence-electron chi connectivity index (χ4n) is 2.22. The molecule has 1 aromatic carbocycles. The Morgan fingerprint density at radius 3 is 2.58 bits per heavy atom. The molecule has 1 N–H and O–H groups in total. The lowest BCUT2D eigenvalue weighted by Gasteiger charge is -2.13. The van der Waals surface area contributed by atoms with Gasteiger partial charge in [0, 0.05) is 23.4 Å².